The van der Waals surface area contributed by atoms with Crippen molar-refractivity contribution in [1.29, 1.82) is 0 Å². The molecule has 0 spiro atoms. The van der Waals surface area contributed by atoms with Crippen molar-refractivity contribution < 1.29 is 9.59 Å². The van der Waals surface area contributed by atoms with Gasteiger partial charge in [0.05, 0.1) is 10.4 Å². The van der Waals surface area contributed by atoms with E-state index < -0.39 is 5.91 Å². The Kier molecular flexibility index (Phi) is 3.69. The number of nitrogens with one attached hydrogen (secondary N) is 2. The fourth-order valence-corrected chi connectivity index (χ4v) is 2.06. The standard InChI is InChI=1S/C12H11N3O2S/c1-8-4-5-10(18-8)12(17)15-14-11(16)9-3-2-6-13-7-9/h2-7H,1H3,(H,14,16)(H,15,17). The van der Waals surface area contributed by atoms with Crippen LogP contribution in [0.15, 0.2) is 36.7 Å². The van der Waals surface area contributed by atoms with Crippen LogP contribution in [0.3, 0.4) is 0 Å². The molecule has 2 rings (SSSR count). The summed E-state index contributed by atoms with van der Waals surface area (Å²) in [4.78, 5) is 28.7. The molecule has 2 aromatic rings. The third kappa shape index (κ3) is 2.92. The minimum Gasteiger partial charge on any atom is -0.267 e. The maximum absolute atomic E-state index is 11.7. The van der Waals surface area contributed by atoms with Crippen molar-refractivity contribution >= 4 is 23.2 Å². The Morgan fingerprint density at radius 3 is 2.56 bits per heavy atom. The number of hydrogen-bond donors (Lipinski definition) is 2. The van der Waals surface area contributed by atoms with Crippen LogP contribution in [0, 0.1) is 6.92 Å². The Morgan fingerprint density at radius 2 is 1.94 bits per heavy atom. The summed E-state index contributed by atoms with van der Waals surface area (Å²) < 4.78 is 0. The van der Waals surface area contributed by atoms with Crippen LogP contribution < -0.4 is 10.9 Å². The molecule has 0 fully saturated rings. The van der Waals surface area contributed by atoms with Crippen molar-refractivity contribution in [2.45, 2.75) is 6.92 Å². The molecule has 0 aromatic carbocycles. The predicted molar refractivity (Wildman–Crippen MR) is 68.2 cm³/mol. The van der Waals surface area contributed by atoms with Gasteiger partial charge in [-0.25, -0.2) is 0 Å². The number of aromatic nitrogens is 1. The van der Waals surface area contributed by atoms with Crippen LogP contribution in [0.4, 0.5) is 0 Å². The van der Waals surface area contributed by atoms with E-state index in [0.717, 1.165) is 4.88 Å². The maximum Gasteiger partial charge on any atom is 0.279 e. The zero-order chi connectivity index (χ0) is 13.0. The topological polar surface area (TPSA) is 71.1 Å². The normalized spacial score (nSPS) is 9.83. The average molecular weight is 261 g/mol. The average Bonchev–Trinajstić information content (AvgIpc) is 2.83. The fraction of sp³-hybridized carbons (Fsp3) is 0.0833. The lowest BCUT2D eigenvalue weighted by atomic mass is 10.3. The zero-order valence-electron chi connectivity index (χ0n) is 9.64. The van der Waals surface area contributed by atoms with Crippen molar-refractivity contribution in [3.8, 4) is 0 Å². The number of thiophene rings is 1. The van der Waals surface area contributed by atoms with Crippen LogP contribution in [0.2, 0.25) is 0 Å². The Morgan fingerprint density at radius 1 is 1.17 bits per heavy atom. The van der Waals surface area contributed by atoms with Gasteiger partial charge in [0, 0.05) is 17.3 Å². The number of hydrogen-bond acceptors (Lipinski definition) is 4. The molecule has 18 heavy (non-hydrogen) atoms. The summed E-state index contributed by atoms with van der Waals surface area (Å²) in [7, 11) is 0. The molecule has 2 amide bonds. The largest absolute Gasteiger partial charge is 0.279 e. The van der Waals surface area contributed by atoms with E-state index >= 15 is 0 Å². The van der Waals surface area contributed by atoms with Crippen LogP contribution in [-0.2, 0) is 0 Å². The molecule has 0 aliphatic heterocycles. The van der Waals surface area contributed by atoms with Crippen LogP contribution >= 0.6 is 11.3 Å². The van der Waals surface area contributed by atoms with E-state index in [0.29, 0.717) is 10.4 Å². The van der Waals surface area contributed by atoms with E-state index in [9.17, 15) is 9.59 Å². The number of pyridine rings is 1. The van der Waals surface area contributed by atoms with Crippen molar-refractivity contribution in [3.63, 3.8) is 0 Å². The Bertz CT molecular complexity index is 566. The van der Waals surface area contributed by atoms with Gasteiger partial charge in [-0.3, -0.25) is 25.4 Å². The Hall–Kier alpha value is -2.21. The lowest BCUT2D eigenvalue weighted by Crippen LogP contribution is -2.41. The van der Waals surface area contributed by atoms with Crippen molar-refractivity contribution in [1.82, 2.24) is 15.8 Å². The summed E-state index contributed by atoms with van der Waals surface area (Å²) in [5, 5.41) is 0. The molecule has 5 nitrogen and oxygen atoms in total. The smallest absolute Gasteiger partial charge is 0.267 e. The zero-order valence-corrected chi connectivity index (χ0v) is 10.5. The molecular formula is C12H11N3O2S. The van der Waals surface area contributed by atoms with E-state index in [2.05, 4.69) is 15.8 Å². The van der Waals surface area contributed by atoms with Crippen LogP contribution in [-0.4, -0.2) is 16.8 Å². The Labute approximate surface area is 108 Å². The summed E-state index contributed by atoms with van der Waals surface area (Å²) in [5.41, 5.74) is 5.08. The number of rotatable bonds is 2. The molecule has 0 atom stereocenters. The monoisotopic (exact) mass is 261 g/mol. The fourth-order valence-electron chi connectivity index (χ4n) is 1.30. The summed E-state index contributed by atoms with van der Waals surface area (Å²) in [6.07, 6.45) is 3.00. The highest BCUT2D eigenvalue weighted by Gasteiger charge is 2.10. The van der Waals surface area contributed by atoms with Gasteiger partial charge in [-0.15, -0.1) is 11.3 Å². The van der Waals surface area contributed by atoms with Gasteiger partial charge < -0.3 is 0 Å². The number of aryl methyl sites for hydroxylation is 1. The minimum absolute atomic E-state index is 0.328. The van der Waals surface area contributed by atoms with Gasteiger partial charge in [0.1, 0.15) is 0 Å². The molecule has 0 radical (unpaired) electrons. The first-order valence-electron chi connectivity index (χ1n) is 5.24. The second kappa shape index (κ2) is 5.42. The molecule has 0 unspecified atom stereocenters. The van der Waals surface area contributed by atoms with Gasteiger partial charge in [-0.2, -0.15) is 0 Å². The van der Waals surface area contributed by atoms with E-state index in [-0.39, 0.29) is 5.91 Å². The third-order valence-electron chi connectivity index (χ3n) is 2.18. The van der Waals surface area contributed by atoms with Crippen LogP contribution in [0.5, 0.6) is 0 Å². The predicted octanol–water partition coefficient (Wildman–Crippen LogP) is 1.53. The molecular weight excluding hydrogens is 250 g/mol. The van der Waals surface area contributed by atoms with Gasteiger partial charge in [0.2, 0.25) is 0 Å². The first-order chi connectivity index (χ1) is 8.66. The number of carbonyl (C=O) groups is 2. The number of hydrazine groups is 1. The third-order valence-corrected chi connectivity index (χ3v) is 3.18. The quantitative estimate of drug-likeness (QED) is 0.805. The molecule has 2 aromatic heterocycles. The molecule has 92 valence electrons. The van der Waals surface area contributed by atoms with Gasteiger partial charge in [-0.1, -0.05) is 0 Å². The molecule has 2 N–H and O–H groups in total. The van der Waals surface area contributed by atoms with Crippen LogP contribution in [0.25, 0.3) is 0 Å². The Balaban J connectivity index is 1.92. The summed E-state index contributed by atoms with van der Waals surface area (Å²) in [6.45, 7) is 1.91. The van der Waals surface area contributed by atoms with Gasteiger partial charge in [0.25, 0.3) is 11.8 Å². The summed E-state index contributed by atoms with van der Waals surface area (Å²) in [5.74, 6) is -0.727. The molecule has 0 saturated heterocycles. The lowest BCUT2D eigenvalue weighted by Gasteiger charge is -2.05. The van der Waals surface area contributed by atoms with Gasteiger partial charge in [0.15, 0.2) is 0 Å². The van der Waals surface area contributed by atoms with E-state index in [1.165, 1.54) is 17.5 Å². The first-order valence-corrected chi connectivity index (χ1v) is 6.05. The number of nitrogens with zero attached hydrogens (tertiary/aromatic N) is 1. The molecule has 0 bridgehead atoms. The second-order valence-corrected chi connectivity index (χ2v) is 4.85. The van der Waals surface area contributed by atoms with Gasteiger partial charge in [-0.05, 0) is 31.2 Å². The second-order valence-electron chi connectivity index (χ2n) is 3.56. The highest BCUT2D eigenvalue weighted by molar-refractivity contribution is 7.13. The van der Waals surface area contributed by atoms with Gasteiger partial charge >= 0.3 is 0 Å². The minimum atomic E-state index is -0.398. The van der Waals surface area contributed by atoms with E-state index in [4.69, 9.17) is 0 Å². The van der Waals surface area contributed by atoms with Crippen molar-refractivity contribution in [3.05, 3.63) is 52.0 Å². The van der Waals surface area contributed by atoms with E-state index in [1.807, 2.05) is 13.0 Å². The summed E-state index contributed by atoms with van der Waals surface area (Å²) >= 11 is 1.37. The highest BCUT2D eigenvalue weighted by Crippen LogP contribution is 2.14. The molecule has 0 aliphatic carbocycles. The van der Waals surface area contributed by atoms with Crippen molar-refractivity contribution in [2.75, 3.05) is 0 Å². The lowest BCUT2D eigenvalue weighted by molar-refractivity contribution is 0.0848. The molecule has 0 aliphatic rings. The van der Waals surface area contributed by atoms with E-state index in [1.54, 1.807) is 24.4 Å². The van der Waals surface area contributed by atoms with Crippen molar-refractivity contribution in [2.24, 2.45) is 0 Å². The molecule has 2 heterocycles. The molecule has 6 heteroatoms. The number of carbonyl (C=O) groups excluding carboxylic acids is 2. The number of amides is 2. The summed E-state index contributed by atoms with van der Waals surface area (Å²) in [6, 6.07) is 6.83. The molecule has 0 saturated carbocycles. The first kappa shape index (κ1) is 12.3. The van der Waals surface area contributed by atoms with Crippen LogP contribution in [0.1, 0.15) is 24.9 Å². The maximum atomic E-state index is 11.7. The SMILES string of the molecule is Cc1ccc(C(=O)NNC(=O)c2cccnc2)s1. The highest BCUT2D eigenvalue weighted by atomic mass is 32.1.